The second kappa shape index (κ2) is 5.72. The van der Waals surface area contributed by atoms with Crippen LogP contribution in [0.4, 0.5) is 0 Å². The molecule has 2 aliphatic rings. The molecule has 0 spiro atoms. The fraction of sp³-hybridized carbons (Fsp3) is 0.846. The predicted octanol–water partition coefficient (Wildman–Crippen LogP) is 0.982. The Morgan fingerprint density at radius 1 is 1.39 bits per heavy atom. The standard InChI is InChI=1S/C13H24N2O2S/c14-10-13(7-3-9-18(16,17)11-13)15-8-6-12-4-1-2-5-12/h4,15H,1-3,5-11,14H2. The van der Waals surface area contributed by atoms with Gasteiger partial charge in [0.05, 0.1) is 11.5 Å². The van der Waals surface area contributed by atoms with Gasteiger partial charge < -0.3 is 11.1 Å². The van der Waals surface area contributed by atoms with Gasteiger partial charge in [-0.2, -0.15) is 0 Å². The minimum absolute atomic E-state index is 0.204. The highest BCUT2D eigenvalue weighted by Crippen LogP contribution is 2.24. The topological polar surface area (TPSA) is 72.2 Å². The molecule has 0 aromatic rings. The molecule has 0 aromatic carbocycles. The first-order valence-electron chi connectivity index (χ1n) is 6.89. The van der Waals surface area contributed by atoms with Crippen molar-refractivity contribution in [3.05, 3.63) is 11.6 Å². The molecule has 5 heteroatoms. The van der Waals surface area contributed by atoms with Crippen molar-refractivity contribution in [2.45, 2.75) is 44.1 Å². The highest BCUT2D eigenvalue weighted by Gasteiger charge is 2.37. The molecule has 0 bridgehead atoms. The quantitative estimate of drug-likeness (QED) is 0.732. The molecular weight excluding hydrogens is 248 g/mol. The molecule has 0 saturated carbocycles. The van der Waals surface area contributed by atoms with Crippen LogP contribution >= 0.6 is 0 Å². The van der Waals surface area contributed by atoms with E-state index < -0.39 is 9.84 Å². The van der Waals surface area contributed by atoms with Crippen LogP contribution in [0.25, 0.3) is 0 Å². The van der Waals surface area contributed by atoms with E-state index in [0.717, 1.165) is 25.8 Å². The average molecular weight is 272 g/mol. The Kier molecular flexibility index (Phi) is 4.45. The number of nitrogens with two attached hydrogens (primary N) is 1. The van der Waals surface area contributed by atoms with E-state index in [0.29, 0.717) is 12.3 Å². The molecule has 104 valence electrons. The fourth-order valence-electron chi connectivity index (χ4n) is 3.02. The van der Waals surface area contributed by atoms with E-state index in [-0.39, 0.29) is 11.3 Å². The molecule has 1 unspecified atom stereocenters. The SMILES string of the molecule is NCC1(NCCC2=CCCC2)CCCS(=O)(=O)C1. The molecule has 1 heterocycles. The third-order valence-corrected chi connectivity index (χ3v) is 5.98. The Morgan fingerprint density at radius 3 is 2.83 bits per heavy atom. The lowest BCUT2D eigenvalue weighted by Gasteiger charge is -2.37. The van der Waals surface area contributed by atoms with Crippen LogP contribution < -0.4 is 11.1 Å². The van der Waals surface area contributed by atoms with Crippen LogP contribution in [0.1, 0.15) is 38.5 Å². The summed E-state index contributed by atoms with van der Waals surface area (Å²) in [6.07, 6.45) is 8.63. The molecule has 1 fully saturated rings. The highest BCUT2D eigenvalue weighted by molar-refractivity contribution is 7.91. The molecule has 0 aromatic heterocycles. The van der Waals surface area contributed by atoms with Crippen molar-refractivity contribution in [2.24, 2.45) is 5.73 Å². The molecule has 18 heavy (non-hydrogen) atoms. The van der Waals surface area contributed by atoms with E-state index in [4.69, 9.17) is 5.73 Å². The second-order valence-corrected chi connectivity index (χ2v) is 7.80. The first-order chi connectivity index (χ1) is 8.55. The van der Waals surface area contributed by atoms with Gasteiger partial charge in [-0.05, 0) is 45.1 Å². The molecule has 1 atom stereocenters. The van der Waals surface area contributed by atoms with Crippen molar-refractivity contribution in [2.75, 3.05) is 24.6 Å². The summed E-state index contributed by atoms with van der Waals surface area (Å²) in [5, 5.41) is 3.42. The Bertz CT molecular complexity index is 417. The summed E-state index contributed by atoms with van der Waals surface area (Å²) in [4.78, 5) is 0. The minimum atomic E-state index is -2.91. The maximum absolute atomic E-state index is 11.7. The van der Waals surface area contributed by atoms with Crippen LogP contribution in [0.15, 0.2) is 11.6 Å². The van der Waals surface area contributed by atoms with Gasteiger partial charge in [-0.3, -0.25) is 0 Å². The number of hydrogen-bond acceptors (Lipinski definition) is 4. The number of hydrogen-bond donors (Lipinski definition) is 2. The first-order valence-corrected chi connectivity index (χ1v) is 8.71. The second-order valence-electron chi connectivity index (χ2n) is 5.61. The number of allylic oxidation sites excluding steroid dienone is 1. The van der Waals surface area contributed by atoms with E-state index in [9.17, 15) is 8.42 Å². The smallest absolute Gasteiger partial charge is 0.152 e. The maximum atomic E-state index is 11.7. The largest absolute Gasteiger partial charge is 0.329 e. The van der Waals surface area contributed by atoms with E-state index >= 15 is 0 Å². The zero-order valence-corrected chi connectivity index (χ0v) is 11.8. The summed E-state index contributed by atoms with van der Waals surface area (Å²) in [6.45, 7) is 1.25. The molecule has 1 aliphatic carbocycles. The monoisotopic (exact) mass is 272 g/mol. The average Bonchev–Trinajstić information content (AvgIpc) is 2.81. The third kappa shape index (κ3) is 3.56. The molecule has 0 radical (unpaired) electrons. The van der Waals surface area contributed by atoms with E-state index in [1.165, 1.54) is 24.8 Å². The van der Waals surface area contributed by atoms with Crippen molar-refractivity contribution >= 4 is 9.84 Å². The normalized spacial score (nSPS) is 31.3. The number of rotatable bonds is 5. The Balaban J connectivity index is 1.87. The molecule has 0 amide bonds. The van der Waals surface area contributed by atoms with Crippen LogP contribution in [0.5, 0.6) is 0 Å². The van der Waals surface area contributed by atoms with Gasteiger partial charge in [-0.15, -0.1) is 0 Å². The van der Waals surface area contributed by atoms with Crippen molar-refractivity contribution in [3.63, 3.8) is 0 Å². The zero-order chi connectivity index (χ0) is 13.1. The van der Waals surface area contributed by atoms with Gasteiger partial charge in [-0.25, -0.2) is 8.42 Å². The third-order valence-electron chi connectivity index (χ3n) is 4.08. The van der Waals surface area contributed by atoms with Crippen LogP contribution in [0.2, 0.25) is 0 Å². The molecule has 2 rings (SSSR count). The summed E-state index contributed by atoms with van der Waals surface area (Å²) in [7, 11) is -2.91. The van der Waals surface area contributed by atoms with Crippen molar-refractivity contribution in [1.29, 1.82) is 0 Å². The lowest BCUT2D eigenvalue weighted by atomic mass is 9.95. The Morgan fingerprint density at radius 2 is 2.22 bits per heavy atom. The molecule has 1 saturated heterocycles. The molecule has 4 nitrogen and oxygen atoms in total. The van der Waals surface area contributed by atoms with Gasteiger partial charge in [0.15, 0.2) is 9.84 Å². The Hall–Kier alpha value is -0.390. The zero-order valence-electron chi connectivity index (χ0n) is 11.0. The van der Waals surface area contributed by atoms with Gasteiger partial charge in [0, 0.05) is 12.1 Å². The van der Waals surface area contributed by atoms with Crippen LogP contribution in [-0.2, 0) is 9.84 Å². The predicted molar refractivity (Wildman–Crippen MR) is 74.2 cm³/mol. The van der Waals surface area contributed by atoms with E-state index in [2.05, 4.69) is 11.4 Å². The summed E-state index contributed by atoms with van der Waals surface area (Å²) in [6, 6.07) is 0. The summed E-state index contributed by atoms with van der Waals surface area (Å²) >= 11 is 0. The molecule has 1 aliphatic heterocycles. The van der Waals surface area contributed by atoms with Gasteiger partial charge in [-0.1, -0.05) is 11.6 Å². The molecule has 3 N–H and O–H groups in total. The van der Waals surface area contributed by atoms with Crippen LogP contribution in [-0.4, -0.2) is 38.6 Å². The summed E-state index contributed by atoms with van der Waals surface area (Å²) in [5.74, 6) is 0.525. The maximum Gasteiger partial charge on any atom is 0.152 e. The van der Waals surface area contributed by atoms with Gasteiger partial charge in [0.25, 0.3) is 0 Å². The highest BCUT2D eigenvalue weighted by atomic mass is 32.2. The van der Waals surface area contributed by atoms with Crippen molar-refractivity contribution < 1.29 is 8.42 Å². The molecular formula is C13H24N2O2S. The van der Waals surface area contributed by atoms with Crippen molar-refractivity contribution in [1.82, 2.24) is 5.32 Å². The van der Waals surface area contributed by atoms with Gasteiger partial charge in [0.1, 0.15) is 0 Å². The minimum Gasteiger partial charge on any atom is -0.329 e. The lowest BCUT2D eigenvalue weighted by molar-refractivity contribution is 0.329. The van der Waals surface area contributed by atoms with Crippen molar-refractivity contribution in [3.8, 4) is 0 Å². The van der Waals surface area contributed by atoms with Gasteiger partial charge in [0.2, 0.25) is 0 Å². The Labute approximate surface area is 110 Å². The number of nitrogens with one attached hydrogen (secondary N) is 1. The number of sulfone groups is 1. The van der Waals surface area contributed by atoms with E-state index in [1.807, 2.05) is 0 Å². The van der Waals surface area contributed by atoms with E-state index in [1.54, 1.807) is 0 Å². The fourth-order valence-corrected chi connectivity index (χ4v) is 4.96. The summed E-state index contributed by atoms with van der Waals surface area (Å²) in [5.41, 5.74) is 6.94. The lowest BCUT2D eigenvalue weighted by Crippen LogP contribution is -2.58. The van der Waals surface area contributed by atoms with Gasteiger partial charge >= 0.3 is 0 Å². The van der Waals surface area contributed by atoms with Crippen LogP contribution in [0.3, 0.4) is 0 Å². The summed E-state index contributed by atoms with van der Waals surface area (Å²) < 4.78 is 23.5. The van der Waals surface area contributed by atoms with Crippen LogP contribution in [0, 0.1) is 0 Å². The first kappa shape index (κ1) is 14.0.